The average Bonchev–Trinajstić information content (AvgIpc) is 3.32. The van der Waals surface area contributed by atoms with E-state index < -0.39 is 5.76 Å². The summed E-state index contributed by atoms with van der Waals surface area (Å²) in [5, 5.41) is 2.78. The molecule has 5 rings (SSSR count). The number of aromatic nitrogens is 2. The van der Waals surface area contributed by atoms with Crippen molar-refractivity contribution in [3.05, 3.63) is 75.3 Å². The van der Waals surface area contributed by atoms with Crippen molar-refractivity contribution in [3.63, 3.8) is 0 Å². The molecule has 0 bridgehead atoms. The lowest BCUT2D eigenvalue weighted by atomic mass is 10.00. The van der Waals surface area contributed by atoms with Gasteiger partial charge in [0.1, 0.15) is 11.6 Å². The molecule has 0 atom stereocenters. The highest BCUT2D eigenvalue weighted by molar-refractivity contribution is 6.11. The molecular weight excluding hydrogens is 550 g/mol. The number of hydrogen-bond donors (Lipinski definition) is 1. The van der Waals surface area contributed by atoms with Crippen LogP contribution in [0.4, 0.5) is 11.5 Å². The van der Waals surface area contributed by atoms with Crippen LogP contribution in [0, 0.1) is 6.92 Å². The maximum atomic E-state index is 13.6. The van der Waals surface area contributed by atoms with Gasteiger partial charge in [0.2, 0.25) is 12.3 Å². The quantitative estimate of drug-likeness (QED) is 0.206. The monoisotopic (exact) mass is 587 g/mol. The predicted molar refractivity (Wildman–Crippen MR) is 165 cm³/mol. The third kappa shape index (κ3) is 6.26. The number of amides is 1. The number of nitrogens with one attached hydrogen (secondary N) is 1. The Bertz CT molecular complexity index is 1700. The van der Waals surface area contributed by atoms with Crippen LogP contribution in [0.25, 0.3) is 11.1 Å². The summed E-state index contributed by atoms with van der Waals surface area (Å²) in [5.41, 5.74) is 4.53. The van der Waals surface area contributed by atoms with E-state index in [0.717, 1.165) is 61.5 Å². The molecule has 0 radical (unpaired) electrons. The maximum absolute atomic E-state index is 13.6. The molecule has 2 aromatic heterocycles. The number of ketones is 1. The molecule has 3 heterocycles. The molecule has 1 saturated heterocycles. The number of likely N-dealkylation sites (N-methyl/N-ethyl adjacent to an activating group) is 1. The Labute approximate surface area is 250 Å². The van der Waals surface area contributed by atoms with Crippen molar-refractivity contribution in [3.8, 4) is 11.6 Å². The number of carbonyl (C=O) groups excluding carboxylic acids is 2. The van der Waals surface area contributed by atoms with E-state index in [0.29, 0.717) is 46.4 Å². The average molecular weight is 588 g/mol. The Morgan fingerprint density at radius 1 is 1.12 bits per heavy atom. The molecule has 0 spiro atoms. The number of methoxy groups -OCH3 is 2. The number of rotatable bonds is 11. The maximum Gasteiger partial charge on any atom is 0.419 e. The van der Waals surface area contributed by atoms with E-state index in [2.05, 4.69) is 27.1 Å². The summed E-state index contributed by atoms with van der Waals surface area (Å²) in [6, 6.07) is 12.9. The van der Waals surface area contributed by atoms with Gasteiger partial charge in [-0.15, -0.1) is 0 Å². The largest absolute Gasteiger partial charge is 0.497 e. The number of pyridine rings is 1. The molecule has 226 valence electrons. The fraction of sp³-hybridized carbons (Fsp3) is 0.375. The molecule has 43 heavy (non-hydrogen) atoms. The third-order valence-corrected chi connectivity index (χ3v) is 8.27. The highest BCUT2D eigenvalue weighted by Gasteiger charge is 2.25. The standard InChI is InChI=1S/C32H37N5O6/c1-20-14-22(16-27-30(20)36(3)32(40)43-27)31(39)23-17-28(34-29(18-23)42-5)37-12-9-24(10-13-37)35(2)11-8-21-15-25(41-4)6-7-26(21)33-19-38/h6-7,14-19,24H,8-13H2,1-5H3,(H,33,38). The van der Waals surface area contributed by atoms with Gasteiger partial charge >= 0.3 is 5.76 Å². The molecule has 11 nitrogen and oxygen atoms in total. The molecule has 1 amide bonds. The molecule has 1 N–H and O–H groups in total. The van der Waals surface area contributed by atoms with Crippen LogP contribution in [0.3, 0.4) is 0 Å². The number of aryl methyl sites for hydroxylation is 2. The van der Waals surface area contributed by atoms with Crippen LogP contribution < -0.4 is 25.4 Å². The minimum absolute atomic E-state index is 0.200. The summed E-state index contributed by atoms with van der Waals surface area (Å²) in [6.07, 6.45) is 3.32. The topological polar surface area (TPSA) is 119 Å². The Morgan fingerprint density at radius 3 is 2.56 bits per heavy atom. The number of oxazole rings is 1. The van der Waals surface area contributed by atoms with Crippen LogP contribution in [0.5, 0.6) is 11.6 Å². The predicted octanol–water partition coefficient (Wildman–Crippen LogP) is 3.79. The number of hydrogen-bond acceptors (Lipinski definition) is 9. The number of carbonyl (C=O) groups is 2. The van der Waals surface area contributed by atoms with Crippen molar-refractivity contribution in [1.82, 2.24) is 14.5 Å². The second kappa shape index (κ2) is 12.7. The molecule has 1 aliphatic rings. The van der Waals surface area contributed by atoms with E-state index >= 15 is 0 Å². The van der Waals surface area contributed by atoms with Crippen molar-refractivity contribution in [1.29, 1.82) is 0 Å². The Hall–Kier alpha value is -4.64. The van der Waals surface area contributed by atoms with Crippen LogP contribution in [0.2, 0.25) is 0 Å². The van der Waals surface area contributed by atoms with Gasteiger partial charge in [0.05, 0.1) is 19.7 Å². The van der Waals surface area contributed by atoms with E-state index in [1.165, 1.54) is 11.7 Å². The highest BCUT2D eigenvalue weighted by Crippen LogP contribution is 2.28. The van der Waals surface area contributed by atoms with Crippen LogP contribution >= 0.6 is 0 Å². The zero-order valence-corrected chi connectivity index (χ0v) is 25.2. The van der Waals surface area contributed by atoms with E-state index in [-0.39, 0.29) is 5.78 Å². The summed E-state index contributed by atoms with van der Waals surface area (Å²) >= 11 is 0. The lowest BCUT2D eigenvalue weighted by Gasteiger charge is -2.37. The van der Waals surface area contributed by atoms with E-state index in [9.17, 15) is 14.4 Å². The smallest absolute Gasteiger partial charge is 0.419 e. The number of nitrogens with zero attached hydrogens (tertiary/aromatic N) is 4. The van der Waals surface area contributed by atoms with Crippen molar-refractivity contribution in [2.24, 2.45) is 7.05 Å². The van der Waals surface area contributed by atoms with Crippen molar-refractivity contribution < 1.29 is 23.5 Å². The van der Waals surface area contributed by atoms with Gasteiger partial charge in [-0.3, -0.25) is 14.2 Å². The van der Waals surface area contributed by atoms with Gasteiger partial charge < -0.3 is 29.0 Å². The van der Waals surface area contributed by atoms with Gasteiger partial charge in [0.25, 0.3) is 0 Å². The summed E-state index contributed by atoms with van der Waals surface area (Å²) in [6.45, 7) is 4.23. The number of anilines is 2. The third-order valence-electron chi connectivity index (χ3n) is 8.27. The zero-order chi connectivity index (χ0) is 30.7. The first-order valence-corrected chi connectivity index (χ1v) is 14.3. The zero-order valence-electron chi connectivity index (χ0n) is 25.2. The summed E-state index contributed by atoms with van der Waals surface area (Å²) in [7, 11) is 6.94. The van der Waals surface area contributed by atoms with Gasteiger partial charge in [-0.05, 0) is 80.8 Å². The molecular formula is C32H37N5O6. The first-order chi connectivity index (χ1) is 20.7. The Morgan fingerprint density at radius 2 is 1.86 bits per heavy atom. The molecule has 0 saturated carbocycles. The van der Waals surface area contributed by atoms with Crippen LogP contribution in [0.15, 0.2) is 51.7 Å². The fourth-order valence-corrected chi connectivity index (χ4v) is 5.82. The first-order valence-electron chi connectivity index (χ1n) is 14.3. The Balaban J connectivity index is 1.27. The van der Waals surface area contributed by atoms with Crippen LogP contribution in [-0.2, 0) is 18.3 Å². The van der Waals surface area contributed by atoms with Gasteiger partial charge in [0.15, 0.2) is 11.4 Å². The molecule has 0 aliphatic carbocycles. The first kappa shape index (κ1) is 29.8. The van der Waals surface area contributed by atoms with Crippen LogP contribution in [-0.4, -0.2) is 73.6 Å². The van der Waals surface area contributed by atoms with Crippen molar-refractivity contribution in [2.45, 2.75) is 32.2 Å². The normalized spacial score (nSPS) is 13.9. The van der Waals surface area contributed by atoms with Gasteiger partial charge in [-0.25, -0.2) is 4.79 Å². The lowest BCUT2D eigenvalue weighted by molar-refractivity contribution is -0.105. The minimum Gasteiger partial charge on any atom is -0.497 e. The summed E-state index contributed by atoms with van der Waals surface area (Å²) < 4.78 is 17.6. The molecule has 1 aliphatic heterocycles. The van der Waals surface area contributed by atoms with Crippen molar-refractivity contribution >= 4 is 34.8 Å². The van der Waals surface area contributed by atoms with Gasteiger partial charge in [0, 0.05) is 55.6 Å². The lowest BCUT2D eigenvalue weighted by Crippen LogP contribution is -2.44. The molecule has 11 heteroatoms. The van der Waals surface area contributed by atoms with Crippen molar-refractivity contribution in [2.75, 3.05) is 51.1 Å². The van der Waals surface area contributed by atoms with E-state index in [1.54, 1.807) is 38.4 Å². The SMILES string of the molecule is COc1ccc(NC=O)c(CCN(C)C2CCN(c3cc(C(=O)c4cc(C)c5c(c4)oc(=O)n5C)cc(OC)n3)CC2)c1. The van der Waals surface area contributed by atoms with E-state index in [1.807, 2.05) is 25.1 Å². The number of benzene rings is 2. The summed E-state index contributed by atoms with van der Waals surface area (Å²) in [4.78, 5) is 45.9. The van der Waals surface area contributed by atoms with Crippen LogP contribution in [0.1, 0.15) is 39.9 Å². The minimum atomic E-state index is -0.468. The number of piperidine rings is 1. The second-order valence-electron chi connectivity index (χ2n) is 10.9. The number of ether oxygens (including phenoxy) is 2. The fourth-order valence-electron chi connectivity index (χ4n) is 5.82. The molecule has 0 unspecified atom stereocenters. The highest BCUT2D eigenvalue weighted by atomic mass is 16.5. The molecule has 4 aromatic rings. The number of fused-ring (bicyclic) bond motifs is 1. The molecule has 2 aromatic carbocycles. The van der Waals surface area contributed by atoms with Gasteiger partial charge in [-0.1, -0.05) is 0 Å². The second-order valence-corrected chi connectivity index (χ2v) is 10.9. The molecule has 1 fully saturated rings. The van der Waals surface area contributed by atoms with Gasteiger partial charge in [-0.2, -0.15) is 4.98 Å². The van der Waals surface area contributed by atoms with E-state index in [4.69, 9.17) is 13.9 Å². The summed E-state index contributed by atoms with van der Waals surface area (Å²) in [5.74, 6) is 1.14. The Kier molecular flexibility index (Phi) is 8.81.